The highest BCUT2D eigenvalue weighted by Crippen LogP contribution is 2.21. The summed E-state index contributed by atoms with van der Waals surface area (Å²) in [4.78, 5) is 14.5. The Morgan fingerprint density at radius 1 is 1.42 bits per heavy atom. The molecule has 1 saturated heterocycles. The first-order valence-electron chi connectivity index (χ1n) is 6.90. The van der Waals surface area contributed by atoms with Gasteiger partial charge in [-0.25, -0.2) is 0 Å². The van der Waals surface area contributed by atoms with Crippen LogP contribution in [0.4, 0.5) is 0 Å². The number of carbonyl (C=O) groups excluding carboxylic acids is 1. The van der Waals surface area contributed by atoms with Gasteiger partial charge in [0.05, 0.1) is 6.42 Å². The van der Waals surface area contributed by atoms with Crippen molar-refractivity contribution >= 4 is 21.8 Å². The van der Waals surface area contributed by atoms with Crippen molar-refractivity contribution in [3.8, 4) is 0 Å². The molecule has 19 heavy (non-hydrogen) atoms. The van der Waals surface area contributed by atoms with Crippen molar-refractivity contribution in [3.63, 3.8) is 0 Å². The number of likely N-dealkylation sites (N-methyl/N-ethyl adjacent to an activating group) is 1. The van der Waals surface area contributed by atoms with Gasteiger partial charge in [-0.05, 0) is 37.9 Å². The molecule has 4 heteroatoms. The largest absolute Gasteiger partial charge is 0.338 e. The maximum absolute atomic E-state index is 12.5. The summed E-state index contributed by atoms with van der Waals surface area (Å²) >= 11 is 3.51. The molecule has 0 bridgehead atoms. The number of hydrogen-bond acceptors (Lipinski definition) is 2. The second-order valence-electron chi connectivity index (χ2n) is 5.06. The SMILES string of the molecule is CNCC1CCCCN1C(=O)Cc1ccccc1Br. The Morgan fingerprint density at radius 3 is 2.95 bits per heavy atom. The molecule has 1 fully saturated rings. The standard InChI is InChI=1S/C15H21BrN2O/c1-17-11-13-7-4-5-9-18(13)15(19)10-12-6-2-3-8-14(12)16/h2-3,6,8,13,17H,4-5,7,9-11H2,1H3. The molecule has 1 heterocycles. The van der Waals surface area contributed by atoms with E-state index in [0.717, 1.165) is 36.0 Å². The third-order valence-corrected chi connectivity index (χ3v) is 4.46. The number of likely N-dealkylation sites (tertiary alicyclic amines) is 1. The third kappa shape index (κ3) is 3.80. The molecule has 0 radical (unpaired) electrons. The summed E-state index contributed by atoms with van der Waals surface area (Å²) in [6, 6.07) is 8.31. The fourth-order valence-electron chi connectivity index (χ4n) is 2.68. The minimum absolute atomic E-state index is 0.242. The Morgan fingerprint density at radius 2 is 2.21 bits per heavy atom. The highest BCUT2D eigenvalue weighted by molar-refractivity contribution is 9.10. The molecule has 1 aliphatic heterocycles. The molecule has 1 amide bonds. The number of nitrogens with zero attached hydrogens (tertiary/aromatic N) is 1. The minimum atomic E-state index is 0.242. The number of rotatable bonds is 4. The first kappa shape index (κ1) is 14.5. The van der Waals surface area contributed by atoms with Crippen molar-refractivity contribution < 1.29 is 4.79 Å². The number of nitrogens with one attached hydrogen (secondary N) is 1. The molecule has 0 spiro atoms. The summed E-state index contributed by atoms with van der Waals surface area (Å²) in [6.07, 6.45) is 3.96. The van der Waals surface area contributed by atoms with Crippen LogP contribution in [0.2, 0.25) is 0 Å². The molecule has 2 rings (SSSR count). The van der Waals surface area contributed by atoms with Crippen LogP contribution in [0.5, 0.6) is 0 Å². The lowest BCUT2D eigenvalue weighted by atomic mass is 10.0. The van der Waals surface area contributed by atoms with E-state index in [9.17, 15) is 4.79 Å². The second kappa shape index (κ2) is 7.06. The Labute approximate surface area is 123 Å². The molecule has 1 aromatic carbocycles. The molecular weight excluding hydrogens is 304 g/mol. The van der Waals surface area contributed by atoms with Crippen molar-refractivity contribution in [2.24, 2.45) is 0 Å². The highest BCUT2D eigenvalue weighted by Gasteiger charge is 2.26. The lowest BCUT2D eigenvalue weighted by molar-refractivity contribution is -0.134. The summed E-state index contributed by atoms with van der Waals surface area (Å²) in [5, 5.41) is 3.19. The highest BCUT2D eigenvalue weighted by atomic mass is 79.9. The molecule has 1 unspecified atom stereocenters. The molecule has 1 aliphatic rings. The topological polar surface area (TPSA) is 32.3 Å². The van der Waals surface area contributed by atoms with Crippen LogP contribution >= 0.6 is 15.9 Å². The van der Waals surface area contributed by atoms with Gasteiger partial charge in [0.25, 0.3) is 0 Å². The van der Waals surface area contributed by atoms with Gasteiger partial charge >= 0.3 is 0 Å². The van der Waals surface area contributed by atoms with E-state index in [1.165, 1.54) is 6.42 Å². The van der Waals surface area contributed by atoms with Gasteiger partial charge in [-0.1, -0.05) is 34.1 Å². The molecule has 0 aromatic heterocycles. The second-order valence-corrected chi connectivity index (χ2v) is 5.92. The fraction of sp³-hybridized carbons (Fsp3) is 0.533. The van der Waals surface area contributed by atoms with Crippen LogP contribution in [-0.4, -0.2) is 37.0 Å². The van der Waals surface area contributed by atoms with Crippen LogP contribution in [0, 0.1) is 0 Å². The van der Waals surface area contributed by atoms with Crippen LogP contribution in [0.25, 0.3) is 0 Å². The van der Waals surface area contributed by atoms with Gasteiger partial charge in [0.15, 0.2) is 0 Å². The minimum Gasteiger partial charge on any atom is -0.338 e. The maximum Gasteiger partial charge on any atom is 0.227 e. The Hall–Kier alpha value is -0.870. The van der Waals surface area contributed by atoms with Crippen molar-refractivity contribution in [2.45, 2.75) is 31.7 Å². The third-order valence-electron chi connectivity index (χ3n) is 3.69. The Kier molecular flexibility index (Phi) is 5.40. The van der Waals surface area contributed by atoms with Gasteiger partial charge in [-0.3, -0.25) is 4.79 Å². The maximum atomic E-state index is 12.5. The van der Waals surface area contributed by atoms with Crippen LogP contribution in [0.1, 0.15) is 24.8 Å². The van der Waals surface area contributed by atoms with Crippen molar-refractivity contribution in [3.05, 3.63) is 34.3 Å². The zero-order valence-corrected chi connectivity index (χ0v) is 12.9. The molecule has 1 N–H and O–H groups in total. The van der Waals surface area contributed by atoms with Gasteiger partial charge in [0, 0.05) is 23.6 Å². The first-order valence-corrected chi connectivity index (χ1v) is 7.69. The number of halogens is 1. The molecule has 0 aliphatic carbocycles. The summed E-state index contributed by atoms with van der Waals surface area (Å²) in [5.41, 5.74) is 1.07. The van der Waals surface area contributed by atoms with Crippen molar-refractivity contribution in [1.82, 2.24) is 10.2 Å². The predicted octanol–water partition coefficient (Wildman–Crippen LogP) is 2.59. The molecule has 3 nitrogen and oxygen atoms in total. The van der Waals surface area contributed by atoms with Crippen molar-refractivity contribution in [2.75, 3.05) is 20.1 Å². The quantitative estimate of drug-likeness (QED) is 0.923. The van der Waals surface area contributed by atoms with E-state index < -0.39 is 0 Å². The molecule has 104 valence electrons. The monoisotopic (exact) mass is 324 g/mol. The Balaban J connectivity index is 2.03. The fourth-order valence-corrected chi connectivity index (χ4v) is 3.11. The van der Waals surface area contributed by atoms with Crippen LogP contribution in [0.15, 0.2) is 28.7 Å². The lowest BCUT2D eigenvalue weighted by Crippen LogP contribution is -2.48. The smallest absolute Gasteiger partial charge is 0.227 e. The summed E-state index contributed by atoms with van der Waals surface area (Å²) in [5.74, 6) is 0.242. The zero-order chi connectivity index (χ0) is 13.7. The molecular formula is C15H21BrN2O. The van der Waals surface area contributed by atoms with Crippen LogP contribution in [0.3, 0.4) is 0 Å². The molecule has 0 saturated carbocycles. The normalized spacial score (nSPS) is 19.5. The number of benzene rings is 1. The molecule has 1 atom stereocenters. The van der Waals surface area contributed by atoms with Crippen molar-refractivity contribution in [1.29, 1.82) is 0 Å². The van der Waals surface area contributed by atoms with Gasteiger partial charge in [0.2, 0.25) is 5.91 Å². The number of amides is 1. The summed E-state index contributed by atoms with van der Waals surface area (Å²) in [7, 11) is 1.95. The Bertz CT molecular complexity index is 434. The van der Waals surface area contributed by atoms with E-state index in [-0.39, 0.29) is 5.91 Å². The number of hydrogen-bond donors (Lipinski definition) is 1. The van der Waals surface area contributed by atoms with Crippen LogP contribution in [-0.2, 0) is 11.2 Å². The predicted molar refractivity (Wildman–Crippen MR) is 81.1 cm³/mol. The van der Waals surface area contributed by atoms with Gasteiger partial charge < -0.3 is 10.2 Å². The first-order chi connectivity index (χ1) is 9.22. The van der Waals surface area contributed by atoms with Gasteiger partial charge in [-0.15, -0.1) is 0 Å². The number of carbonyl (C=O) groups is 1. The van der Waals surface area contributed by atoms with E-state index in [0.29, 0.717) is 12.5 Å². The lowest BCUT2D eigenvalue weighted by Gasteiger charge is -2.36. The van der Waals surface area contributed by atoms with E-state index in [2.05, 4.69) is 26.1 Å². The van der Waals surface area contributed by atoms with E-state index >= 15 is 0 Å². The number of piperidine rings is 1. The zero-order valence-electron chi connectivity index (χ0n) is 11.4. The van der Waals surface area contributed by atoms with Crippen LogP contribution < -0.4 is 5.32 Å². The van der Waals surface area contributed by atoms with E-state index in [4.69, 9.17) is 0 Å². The van der Waals surface area contributed by atoms with E-state index in [1.54, 1.807) is 0 Å². The summed E-state index contributed by atoms with van der Waals surface area (Å²) in [6.45, 7) is 1.79. The average molecular weight is 325 g/mol. The van der Waals surface area contributed by atoms with Gasteiger partial charge in [0.1, 0.15) is 0 Å². The molecule has 1 aromatic rings. The van der Waals surface area contributed by atoms with E-state index in [1.807, 2.05) is 31.3 Å². The summed E-state index contributed by atoms with van der Waals surface area (Å²) < 4.78 is 1.02. The average Bonchev–Trinajstić information content (AvgIpc) is 2.42. The van der Waals surface area contributed by atoms with Gasteiger partial charge in [-0.2, -0.15) is 0 Å².